The number of rotatable bonds is 6. The fraction of sp³-hybridized carbons (Fsp3) is 0.0435. The summed E-state index contributed by atoms with van der Waals surface area (Å²) in [6.45, 7) is 1.44. The molecular formula is C23H21FN4O4S. The average molecular weight is 469 g/mol. The first-order chi connectivity index (χ1) is 15.6. The number of amides is 1. The number of halogens is 1. The molecule has 0 fully saturated rings. The van der Waals surface area contributed by atoms with E-state index in [0.29, 0.717) is 27.9 Å². The number of sulfonamides is 1. The Morgan fingerprint density at radius 2 is 1.64 bits per heavy atom. The molecule has 3 rings (SSSR count). The zero-order chi connectivity index (χ0) is 24.2. The highest BCUT2D eigenvalue weighted by atomic mass is 32.2. The lowest BCUT2D eigenvalue weighted by atomic mass is 10.0. The van der Waals surface area contributed by atoms with Crippen LogP contribution in [-0.2, 0) is 14.8 Å². The maximum absolute atomic E-state index is 14.8. The van der Waals surface area contributed by atoms with Crippen molar-refractivity contribution >= 4 is 33.0 Å². The van der Waals surface area contributed by atoms with Crippen molar-refractivity contribution < 1.29 is 22.8 Å². The number of nitrogens with zero attached hydrogens (tertiary/aromatic N) is 1. The Labute approximate surface area is 190 Å². The third-order valence-corrected chi connectivity index (χ3v) is 5.84. The maximum atomic E-state index is 14.8. The van der Waals surface area contributed by atoms with E-state index in [-0.39, 0.29) is 16.3 Å². The largest absolute Gasteiger partial charge is 0.409 e. The summed E-state index contributed by atoms with van der Waals surface area (Å²) in [5, 5.41) is 19.4. The Morgan fingerprint density at radius 3 is 2.27 bits per heavy atom. The minimum Gasteiger partial charge on any atom is -0.409 e. The number of anilines is 1. The lowest BCUT2D eigenvalue weighted by Crippen LogP contribution is -2.14. The van der Waals surface area contributed by atoms with Gasteiger partial charge in [-0.3, -0.25) is 4.79 Å². The van der Waals surface area contributed by atoms with Gasteiger partial charge in [0.15, 0.2) is 11.7 Å². The highest BCUT2D eigenvalue weighted by Gasteiger charge is 2.17. The fourth-order valence-electron chi connectivity index (χ4n) is 3.14. The molecule has 33 heavy (non-hydrogen) atoms. The Kier molecular flexibility index (Phi) is 6.90. The van der Waals surface area contributed by atoms with Crippen molar-refractivity contribution in [1.82, 2.24) is 0 Å². The number of amidine groups is 1. The van der Waals surface area contributed by atoms with Crippen molar-refractivity contribution in [2.75, 3.05) is 5.32 Å². The van der Waals surface area contributed by atoms with Crippen molar-refractivity contribution in [1.29, 1.82) is 0 Å². The Hall–Kier alpha value is -4.02. The van der Waals surface area contributed by atoms with E-state index < -0.39 is 21.8 Å². The van der Waals surface area contributed by atoms with Crippen LogP contribution in [0.25, 0.3) is 16.7 Å². The Morgan fingerprint density at radius 1 is 1.00 bits per heavy atom. The fourth-order valence-corrected chi connectivity index (χ4v) is 3.90. The van der Waals surface area contributed by atoms with E-state index in [0.717, 1.165) is 0 Å². The van der Waals surface area contributed by atoms with Crippen LogP contribution in [0.1, 0.15) is 18.1 Å². The second-order valence-corrected chi connectivity index (χ2v) is 8.61. The van der Waals surface area contributed by atoms with Crippen LogP contribution < -0.4 is 16.2 Å². The van der Waals surface area contributed by atoms with Crippen LogP contribution in [0.5, 0.6) is 0 Å². The summed E-state index contributed by atoms with van der Waals surface area (Å²) in [4.78, 5) is 12.4. The van der Waals surface area contributed by atoms with Gasteiger partial charge in [0.25, 0.3) is 5.91 Å². The molecule has 0 saturated heterocycles. The number of benzene rings is 3. The molecule has 1 amide bonds. The standard InChI is InChI=1S/C23H21FN4O4S/c1-14(16-5-4-6-17(13-16)22(25)28-30)21(24)23(29)27-18-11-9-15(10-12-18)19-7-2-3-8-20(19)33(26,31)32/h2-13,30H,1H3,(H2,25,28)(H,27,29)(H2,26,31,32). The molecule has 8 nitrogen and oxygen atoms in total. The van der Waals surface area contributed by atoms with Crippen molar-refractivity contribution in [2.45, 2.75) is 11.8 Å². The molecule has 0 aliphatic carbocycles. The van der Waals surface area contributed by atoms with Crippen molar-refractivity contribution in [3.63, 3.8) is 0 Å². The molecule has 0 heterocycles. The molecule has 0 aromatic heterocycles. The predicted octanol–water partition coefficient (Wildman–Crippen LogP) is 3.43. The summed E-state index contributed by atoms with van der Waals surface area (Å²) < 4.78 is 38.4. The maximum Gasteiger partial charge on any atom is 0.284 e. The molecule has 0 spiro atoms. The van der Waals surface area contributed by atoms with E-state index >= 15 is 0 Å². The average Bonchev–Trinajstić information content (AvgIpc) is 2.82. The van der Waals surface area contributed by atoms with Crippen LogP contribution in [0.2, 0.25) is 0 Å². The van der Waals surface area contributed by atoms with Gasteiger partial charge in [-0.1, -0.05) is 53.7 Å². The quantitative estimate of drug-likeness (QED) is 0.144. The highest BCUT2D eigenvalue weighted by molar-refractivity contribution is 7.89. The second-order valence-electron chi connectivity index (χ2n) is 7.08. The van der Waals surface area contributed by atoms with Gasteiger partial charge in [-0.15, -0.1) is 0 Å². The first kappa shape index (κ1) is 23.6. The zero-order valence-corrected chi connectivity index (χ0v) is 18.3. The lowest BCUT2D eigenvalue weighted by Gasteiger charge is -2.10. The van der Waals surface area contributed by atoms with E-state index in [9.17, 15) is 17.6 Å². The number of primary sulfonamides is 1. The summed E-state index contributed by atoms with van der Waals surface area (Å²) >= 11 is 0. The number of oxime groups is 1. The van der Waals surface area contributed by atoms with Crippen LogP contribution in [0.3, 0.4) is 0 Å². The van der Waals surface area contributed by atoms with Crippen LogP contribution >= 0.6 is 0 Å². The number of carbonyl (C=O) groups excluding carboxylic acids is 1. The molecule has 170 valence electrons. The van der Waals surface area contributed by atoms with Gasteiger partial charge in [0, 0.05) is 16.8 Å². The number of carbonyl (C=O) groups is 1. The molecule has 0 saturated carbocycles. The van der Waals surface area contributed by atoms with Gasteiger partial charge in [0.05, 0.1) is 4.90 Å². The monoisotopic (exact) mass is 468 g/mol. The van der Waals surface area contributed by atoms with Gasteiger partial charge in [-0.2, -0.15) is 0 Å². The summed E-state index contributed by atoms with van der Waals surface area (Å²) in [6.07, 6.45) is 0. The van der Waals surface area contributed by atoms with Crippen LogP contribution in [0.15, 0.2) is 88.7 Å². The van der Waals surface area contributed by atoms with Gasteiger partial charge >= 0.3 is 0 Å². The van der Waals surface area contributed by atoms with Gasteiger partial charge in [0.1, 0.15) is 0 Å². The third-order valence-electron chi connectivity index (χ3n) is 4.88. The molecule has 3 aromatic rings. The minimum atomic E-state index is -3.92. The molecule has 0 aliphatic rings. The SMILES string of the molecule is CC(=C(F)C(=O)Nc1ccc(-c2ccccc2S(N)(=O)=O)cc1)c1cccc(C(N)=NO)c1. The van der Waals surface area contributed by atoms with Crippen molar-refractivity contribution in [2.24, 2.45) is 16.0 Å². The number of nitrogens with two attached hydrogens (primary N) is 2. The summed E-state index contributed by atoms with van der Waals surface area (Å²) in [6, 6.07) is 18.7. The Balaban J connectivity index is 1.83. The van der Waals surface area contributed by atoms with E-state index in [1.165, 1.54) is 31.2 Å². The first-order valence-electron chi connectivity index (χ1n) is 9.60. The van der Waals surface area contributed by atoms with Gasteiger partial charge in [-0.05, 0) is 47.9 Å². The highest BCUT2D eigenvalue weighted by Crippen LogP contribution is 2.28. The first-order valence-corrected chi connectivity index (χ1v) is 11.1. The van der Waals surface area contributed by atoms with E-state index in [2.05, 4.69) is 10.5 Å². The van der Waals surface area contributed by atoms with E-state index in [1.807, 2.05) is 0 Å². The molecule has 0 radical (unpaired) electrons. The second kappa shape index (κ2) is 9.63. The molecule has 0 atom stereocenters. The molecule has 10 heteroatoms. The van der Waals surface area contributed by atoms with Crippen LogP contribution in [0, 0.1) is 0 Å². The smallest absolute Gasteiger partial charge is 0.284 e. The molecule has 3 aromatic carbocycles. The van der Waals surface area contributed by atoms with Crippen molar-refractivity contribution in [3.05, 3.63) is 89.8 Å². The Bertz CT molecular complexity index is 1370. The molecular weight excluding hydrogens is 447 g/mol. The number of nitrogens with one attached hydrogen (secondary N) is 1. The number of hydrogen-bond acceptors (Lipinski definition) is 5. The zero-order valence-electron chi connectivity index (χ0n) is 17.5. The minimum absolute atomic E-state index is 0.0273. The predicted molar refractivity (Wildman–Crippen MR) is 125 cm³/mol. The summed E-state index contributed by atoms with van der Waals surface area (Å²) in [5.74, 6) is -2.10. The third kappa shape index (κ3) is 5.43. The van der Waals surface area contributed by atoms with Crippen LogP contribution in [0.4, 0.5) is 10.1 Å². The van der Waals surface area contributed by atoms with Gasteiger partial charge < -0.3 is 16.3 Å². The van der Waals surface area contributed by atoms with Crippen LogP contribution in [-0.4, -0.2) is 25.4 Å². The molecule has 0 bridgehead atoms. The topological polar surface area (TPSA) is 148 Å². The molecule has 0 aliphatic heterocycles. The number of hydrogen-bond donors (Lipinski definition) is 4. The number of allylic oxidation sites excluding steroid dienone is 1. The molecule has 0 unspecified atom stereocenters. The summed E-state index contributed by atoms with van der Waals surface area (Å²) in [7, 11) is -3.92. The summed E-state index contributed by atoms with van der Waals surface area (Å²) in [5.41, 5.74) is 7.67. The van der Waals surface area contributed by atoms with Gasteiger partial charge in [-0.25, -0.2) is 17.9 Å². The normalized spacial score (nSPS) is 12.8. The van der Waals surface area contributed by atoms with E-state index in [1.54, 1.807) is 48.5 Å². The van der Waals surface area contributed by atoms with Gasteiger partial charge in [0.2, 0.25) is 10.0 Å². The molecule has 6 N–H and O–H groups in total. The lowest BCUT2D eigenvalue weighted by molar-refractivity contribution is -0.114. The van der Waals surface area contributed by atoms with E-state index in [4.69, 9.17) is 16.1 Å². The van der Waals surface area contributed by atoms with Crippen molar-refractivity contribution in [3.8, 4) is 11.1 Å².